The van der Waals surface area contributed by atoms with Gasteiger partial charge in [-0.25, -0.2) is 0 Å². The fourth-order valence-electron chi connectivity index (χ4n) is 0.0676. The maximum Gasteiger partial charge on any atom is 2.00 e. The Morgan fingerprint density at radius 3 is 2.00 bits per heavy atom. The van der Waals surface area contributed by atoms with Crippen LogP contribution in [0.15, 0.2) is 0 Å². The number of nitrogens with zero attached hydrogens (tertiary/aromatic N) is 1. The molecule has 0 bridgehead atoms. The Balaban J connectivity index is -0.00000000595. The van der Waals surface area contributed by atoms with Gasteiger partial charge in [0.25, 0.3) is 0 Å². The van der Waals surface area contributed by atoms with Crippen LogP contribution in [0, 0.1) is 11.3 Å². The van der Waals surface area contributed by atoms with Crippen LogP contribution < -0.4 is 0 Å². The van der Waals surface area contributed by atoms with E-state index < -0.39 is 12.4 Å². The number of carboxylic acids is 1. The maximum atomic E-state index is 9.38. The van der Waals surface area contributed by atoms with Crippen molar-refractivity contribution in [3.05, 3.63) is 0 Å². The molecule has 0 aliphatic heterocycles. The fourth-order valence-corrected chi connectivity index (χ4v) is 0.0676. The maximum absolute atomic E-state index is 9.38. The van der Waals surface area contributed by atoms with Gasteiger partial charge in [-0.3, -0.25) is 4.79 Å². The first-order valence-electron chi connectivity index (χ1n) is 1.36. The van der Waals surface area contributed by atoms with E-state index in [9.17, 15) is 4.79 Å². The van der Waals surface area contributed by atoms with E-state index in [4.69, 9.17) is 10.4 Å². The van der Waals surface area contributed by atoms with Gasteiger partial charge in [0.15, 0.2) is 0 Å². The molecule has 0 spiro atoms. The van der Waals surface area contributed by atoms with Crippen molar-refractivity contribution in [3.63, 3.8) is 0 Å². The molecule has 3 N–H and O–H groups in total. The zero-order valence-corrected chi connectivity index (χ0v) is 9.34. The fraction of sp³-hybridized carbons (Fsp3) is 0.333. The molecule has 0 amide bonds. The van der Waals surface area contributed by atoms with Crippen molar-refractivity contribution in [1.82, 2.24) is 0 Å². The number of hydrogen-bond acceptors (Lipinski definition) is 2. The van der Waals surface area contributed by atoms with E-state index >= 15 is 0 Å². The summed E-state index contributed by atoms with van der Waals surface area (Å²) in [7, 11) is 0. The molecule has 0 aliphatic carbocycles. The van der Waals surface area contributed by atoms with Crippen LogP contribution in [0.3, 0.4) is 0 Å². The molecule has 6 heteroatoms. The van der Waals surface area contributed by atoms with Crippen LogP contribution in [0.1, 0.15) is 12.1 Å². The average Bonchev–Trinajstić information content (AvgIpc) is 1.35. The van der Waals surface area contributed by atoms with Crippen LogP contribution in [-0.4, -0.2) is 92.0 Å². The van der Waals surface area contributed by atoms with Crippen LogP contribution in [0.5, 0.6) is 0 Å². The second kappa shape index (κ2) is 16.2. The first-order chi connectivity index (χ1) is 2.77. The Morgan fingerprint density at radius 1 is 1.67 bits per heavy atom. The Kier molecular flexibility index (Phi) is 40.4. The van der Waals surface area contributed by atoms with E-state index in [-0.39, 0.29) is 86.7 Å². The third kappa shape index (κ3) is 26.5. The number of nitriles is 1. The second-order valence-electron chi connectivity index (χ2n) is 0.729. The first-order valence-corrected chi connectivity index (χ1v) is 1.36. The molecule has 0 saturated carbocycles. The van der Waals surface area contributed by atoms with Gasteiger partial charge in [0.05, 0.1) is 6.07 Å². The summed E-state index contributed by atoms with van der Waals surface area (Å²) in [6, 6.07) is 1.47. The molecule has 9 heavy (non-hydrogen) atoms. The summed E-state index contributed by atoms with van der Waals surface area (Å²) in [5, 5.41) is 15.3. The van der Waals surface area contributed by atoms with E-state index in [1.54, 1.807) is 0 Å². The molecule has 4 nitrogen and oxygen atoms in total. The summed E-state index contributed by atoms with van der Waals surface area (Å²) in [6.45, 7) is 0. The van der Waals surface area contributed by atoms with E-state index in [1.165, 1.54) is 6.07 Å². The smallest absolute Gasteiger partial charge is 1.00 e. The normalized spacial score (nSPS) is 4.33. The summed E-state index contributed by atoms with van der Waals surface area (Å²) in [5.74, 6) is -1.07. The van der Waals surface area contributed by atoms with Crippen LogP contribution >= 0.6 is 0 Å². The van der Waals surface area contributed by atoms with Crippen LogP contribution in [0.25, 0.3) is 0 Å². The minimum absolute atomic E-state index is 0. The summed E-state index contributed by atoms with van der Waals surface area (Å²) in [6.07, 6.45) is -0.403. The van der Waals surface area contributed by atoms with Gasteiger partial charge in [-0.15, -0.1) is 0 Å². The monoisotopic (exact) mass is 187 g/mol. The molecule has 0 aliphatic rings. The van der Waals surface area contributed by atoms with Crippen molar-refractivity contribution in [1.29, 1.82) is 5.26 Å². The predicted molar refractivity (Wildman–Crippen MR) is 37.4 cm³/mol. The SMILES string of the molecule is N#CCC(=O)O.O.[Ca+2].[Ca+2].[H-].[H-].[H-].[H-]. The van der Waals surface area contributed by atoms with Crippen LogP contribution in [0.2, 0.25) is 0 Å². The number of rotatable bonds is 1. The molecule has 0 saturated heterocycles. The summed E-state index contributed by atoms with van der Waals surface area (Å²) < 4.78 is 0. The topological polar surface area (TPSA) is 92.6 Å². The van der Waals surface area contributed by atoms with Crippen molar-refractivity contribution in [2.45, 2.75) is 6.42 Å². The van der Waals surface area contributed by atoms with Gasteiger partial charge < -0.3 is 16.3 Å². The Hall–Kier alpha value is 1.44. The third-order valence-electron chi connectivity index (χ3n) is 0.230. The van der Waals surface area contributed by atoms with Gasteiger partial charge in [0.1, 0.15) is 6.42 Å². The predicted octanol–water partition coefficient (Wildman–Crippen LogP) is -1.15. The van der Waals surface area contributed by atoms with Gasteiger partial charge in [-0.2, -0.15) is 5.26 Å². The van der Waals surface area contributed by atoms with Gasteiger partial charge >= 0.3 is 81.4 Å². The van der Waals surface area contributed by atoms with E-state index in [1.807, 2.05) is 0 Å². The molecule has 0 rings (SSSR count). The standard InChI is InChI=1S/C3H3NO2.2Ca.H2O.4H/c4-2-1-3(5)6;;;;;;;/h1H2,(H,5,6);;;1H2;;;;/q;2*+2;;4*-1. The zero-order chi connectivity index (χ0) is 4.99. The number of hydrogen-bond donors (Lipinski definition) is 1. The number of carbonyl (C=O) groups is 1. The van der Waals surface area contributed by atoms with Gasteiger partial charge in [0, 0.05) is 0 Å². The zero-order valence-electron chi connectivity index (χ0n) is 8.92. The molecule has 0 aromatic rings. The summed E-state index contributed by atoms with van der Waals surface area (Å²) >= 11 is 0. The van der Waals surface area contributed by atoms with Crippen molar-refractivity contribution in [2.24, 2.45) is 0 Å². The van der Waals surface area contributed by atoms with E-state index in [2.05, 4.69) is 0 Å². The van der Waals surface area contributed by atoms with E-state index in [0.29, 0.717) is 0 Å². The van der Waals surface area contributed by atoms with Gasteiger partial charge in [0.2, 0.25) is 0 Å². The quantitative estimate of drug-likeness (QED) is 0.525. The molecule has 0 fully saturated rings. The van der Waals surface area contributed by atoms with E-state index in [0.717, 1.165) is 0 Å². The average molecular weight is 187 g/mol. The number of aliphatic carboxylic acids is 1. The largest absolute Gasteiger partial charge is 2.00 e. The van der Waals surface area contributed by atoms with Crippen LogP contribution in [-0.2, 0) is 4.79 Å². The van der Waals surface area contributed by atoms with Crippen LogP contribution in [0.4, 0.5) is 0 Å². The first kappa shape index (κ1) is 22.4. The molecular formula is C3H9Ca2NO3. The van der Waals surface area contributed by atoms with Crippen molar-refractivity contribution in [3.8, 4) is 6.07 Å². The Bertz CT molecular complexity index is 111. The van der Waals surface area contributed by atoms with Crippen molar-refractivity contribution in [2.75, 3.05) is 0 Å². The molecular weight excluding hydrogens is 178 g/mol. The summed E-state index contributed by atoms with van der Waals surface area (Å²) in [5.41, 5.74) is 0. The molecule has 0 aromatic heterocycles. The molecule has 0 radical (unpaired) electrons. The minimum atomic E-state index is -1.07. The molecule has 0 atom stereocenters. The van der Waals surface area contributed by atoms with Crippen molar-refractivity contribution >= 4 is 81.4 Å². The van der Waals surface area contributed by atoms with Gasteiger partial charge in [-0.1, -0.05) is 0 Å². The minimum Gasteiger partial charge on any atom is -1.00 e. The molecule has 0 heterocycles. The molecule has 0 unspecified atom stereocenters. The number of carboxylic acid groups (broad SMARTS) is 1. The van der Waals surface area contributed by atoms with Crippen molar-refractivity contribution < 1.29 is 21.1 Å². The Labute approximate surface area is 118 Å². The Morgan fingerprint density at radius 2 is 2.00 bits per heavy atom. The second-order valence-corrected chi connectivity index (χ2v) is 0.729. The summed E-state index contributed by atoms with van der Waals surface area (Å²) in [4.78, 5) is 9.38. The van der Waals surface area contributed by atoms with Gasteiger partial charge in [-0.05, 0) is 0 Å². The molecule has 0 aromatic carbocycles. The molecule has 48 valence electrons. The third-order valence-corrected chi connectivity index (χ3v) is 0.230.